The van der Waals surface area contributed by atoms with Gasteiger partial charge in [0.2, 0.25) is 11.8 Å². The minimum absolute atomic E-state index is 0.00411. The van der Waals surface area contributed by atoms with E-state index in [1.54, 1.807) is 18.3 Å². The first kappa shape index (κ1) is 24.5. The van der Waals surface area contributed by atoms with Crippen molar-refractivity contribution in [2.75, 3.05) is 32.6 Å². The molecule has 7 heteroatoms. The van der Waals surface area contributed by atoms with Gasteiger partial charge in [0.05, 0.1) is 31.4 Å². The molecule has 1 N–H and O–H groups in total. The second-order valence-electron chi connectivity index (χ2n) is 9.17. The molecular weight excluding hydrogens is 442 g/mol. The molecule has 1 aromatic heterocycles. The van der Waals surface area contributed by atoms with Gasteiger partial charge in [-0.3, -0.25) is 14.5 Å². The maximum atomic E-state index is 13.7. The highest BCUT2D eigenvalue weighted by atomic mass is 16.5. The fourth-order valence-corrected chi connectivity index (χ4v) is 4.79. The minimum atomic E-state index is -0.489. The SMILES string of the molecule is COc1ccccc1C1C(C(=O)NCC(c2ccco2)N(C)C)CCC(=O)N1c1ccc(C)cc1. The Kier molecular flexibility index (Phi) is 7.56. The van der Waals surface area contributed by atoms with Crippen LogP contribution in [0.1, 0.15) is 41.8 Å². The number of hydrogen-bond acceptors (Lipinski definition) is 5. The van der Waals surface area contributed by atoms with Gasteiger partial charge in [0.25, 0.3) is 0 Å². The first-order valence-corrected chi connectivity index (χ1v) is 11.9. The summed E-state index contributed by atoms with van der Waals surface area (Å²) in [6.07, 6.45) is 2.40. The number of amides is 2. The number of para-hydroxylation sites is 1. The monoisotopic (exact) mass is 475 g/mol. The van der Waals surface area contributed by atoms with E-state index in [-0.39, 0.29) is 17.9 Å². The Hall–Kier alpha value is -3.58. The zero-order valence-electron chi connectivity index (χ0n) is 20.7. The minimum Gasteiger partial charge on any atom is -0.496 e. The molecule has 184 valence electrons. The average Bonchev–Trinajstić information content (AvgIpc) is 3.39. The lowest BCUT2D eigenvalue weighted by atomic mass is 9.82. The number of anilines is 1. The van der Waals surface area contributed by atoms with Crippen LogP contribution in [0, 0.1) is 12.8 Å². The van der Waals surface area contributed by atoms with Gasteiger partial charge in [0.15, 0.2) is 0 Å². The molecule has 1 aliphatic heterocycles. The van der Waals surface area contributed by atoms with Crippen molar-refractivity contribution in [3.63, 3.8) is 0 Å². The lowest BCUT2D eigenvalue weighted by Gasteiger charge is -2.41. The third-order valence-corrected chi connectivity index (χ3v) is 6.67. The molecule has 3 aromatic rings. The van der Waals surface area contributed by atoms with E-state index in [1.165, 1.54) is 0 Å². The van der Waals surface area contributed by atoms with Crippen molar-refractivity contribution in [1.82, 2.24) is 10.2 Å². The van der Waals surface area contributed by atoms with Crippen molar-refractivity contribution in [2.45, 2.75) is 31.8 Å². The number of ether oxygens (including phenoxy) is 1. The highest BCUT2D eigenvalue weighted by molar-refractivity contribution is 5.97. The summed E-state index contributed by atoms with van der Waals surface area (Å²) in [5.41, 5.74) is 2.70. The second-order valence-corrected chi connectivity index (χ2v) is 9.17. The molecule has 1 saturated heterocycles. The molecule has 0 saturated carbocycles. The van der Waals surface area contributed by atoms with Crippen molar-refractivity contribution < 1.29 is 18.7 Å². The Balaban J connectivity index is 1.68. The van der Waals surface area contributed by atoms with Crippen molar-refractivity contribution in [3.8, 4) is 5.75 Å². The number of carbonyl (C=O) groups is 2. The molecule has 0 radical (unpaired) electrons. The summed E-state index contributed by atoms with van der Waals surface area (Å²) in [6.45, 7) is 2.41. The van der Waals surface area contributed by atoms with Gasteiger partial charge < -0.3 is 19.4 Å². The maximum absolute atomic E-state index is 13.7. The number of hydrogen-bond donors (Lipinski definition) is 1. The van der Waals surface area contributed by atoms with E-state index in [0.29, 0.717) is 25.1 Å². The summed E-state index contributed by atoms with van der Waals surface area (Å²) in [7, 11) is 5.52. The molecule has 1 aliphatic rings. The topological polar surface area (TPSA) is 75.0 Å². The van der Waals surface area contributed by atoms with E-state index in [4.69, 9.17) is 9.15 Å². The third kappa shape index (κ3) is 5.25. The van der Waals surface area contributed by atoms with Crippen LogP contribution in [0.15, 0.2) is 71.3 Å². The molecule has 3 unspecified atom stereocenters. The molecule has 0 aliphatic carbocycles. The number of methoxy groups -OCH3 is 1. The van der Waals surface area contributed by atoms with Crippen LogP contribution < -0.4 is 15.0 Å². The smallest absolute Gasteiger partial charge is 0.227 e. The van der Waals surface area contributed by atoms with Crippen LogP contribution >= 0.6 is 0 Å². The molecule has 0 spiro atoms. The number of carbonyl (C=O) groups excluding carboxylic acids is 2. The third-order valence-electron chi connectivity index (χ3n) is 6.67. The number of nitrogens with one attached hydrogen (secondary N) is 1. The van der Waals surface area contributed by atoms with Crippen molar-refractivity contribution in [2.24, 2.45) is 5.92 Å². The maximum Gasteiger partial charge on any atom is 0.227 e. The summed E-state index contributed by atoms with van der Waals surface area (Å²) < 4.78 is 11.2. The van der Waals surface area contributed by atoms with E-state index in [0.717, 1.165) is 22.6 Å². The van der Waals surface area contributed by atoms with Gasteiger partial charge in [-0.05, 0) is 57.8 Å². The standard InChI is InChI=1S/C28H33N3O4/c1-19-11-13-20(14-12-19)31-26(32)16-15-22(27(31)21-8-5-6-9-24(21)34-4)28(33)29-18-23(30(2)3)25-10-7-17-35-25/h5-14,17,22-23,27H,15-16,18H2,1-4H3,(H,29,33). The summed E-state index contributed by atoms with van der Waals surface area (Å²) in [6, 6.07) is 18.6. The second kappa shape index (κ2) is 10.8. The zero-order valence-corrected chi connectivity index (χ0v) is 20.7. The predicted molar refractivity (Wildman–Crippen MR) is 135 cm³/mol. The van der Waals surface area contributed by atoms with E-state index < -0.39 is 12.0 Å². The average molecular weight is 476 g/mol. The van der Waals surface area contributed by atoms with Gasteiger partial charge in [-0.15, -0.1) is 0 Å². The lowest BCUT2D eigenvalue weighted by molar-refractivity contribution is -0.129. The predicted octanol–water partition coefficient (Wildman–Crippen LogP) is 4.50. The Bertz CT molecular complexity index is 1140. The van der Waals surface area contributed by atoms with Crippen LogP contribution in [0.2, 0.25) is 0 Å². The molecule has 3 atom stereocenters. The molecular formula is C28H33N3O4. The number of furan rings is 1. The van der Waals surface area contributed by atoms with Gasteiger partial charge in [0, 0.05) is 24.2 Å². The molecule has 7 nitrogen and oxygen atoms in total. The fraction of sp³-hybridized carbons (Fsp3) is 0.357. The Morgan fingerprint density at radius 2 is 1.89 bits per heavy atom. The molecule has 2 aromatic carbocycles. The summed E-state index contributed by atoms with van der Waals surface area (Å²) in [4.78, 5) is 30.7. The molecule has 0 bridgehead atoms. The zero-order chi connectivity index (χ0) is 24.9. The lowest BCUT2D eigenvalue weighted by Crippen LogP contribution is -2.49. The van der Waals surface area contributed by atoms with E-state index in [2.05, 4.69) is 5.32 Å². The first-order valence-electron chi connectivity index (χ1n) is 11.9. The van der Waals surface area contributed by atoms with Crippen molar-refractivity contribution >= 4 is 17.5 Å². The summed E-state index contributed by atoms with van der Waals surface area (Å²) in [5, 5.41) is 3.14. The Morgan fingerprint density at radius 1 is 1.14 bits per heavy atom. The highest BCUT2D eigenvalue weighted by Crippen LogP contribution is 2.43. The quantitative estimate of drug-likeness (QED) is 0.519. The summed E-state index contributed by atoms with van der Waals surface area (Å²) >= 11 is 0. The van der Waals surface area contributed by atoms with Gasteiger partial charge >= 0.3 is 0 Å². The van der Waals surface area contributed by atoms with Crippen LogP contribution in [0.5, 0.6) is 5.75 Å². The highest BCUT2D eigenvalue weighted by Gasteiger charge is 2.42. The molecule has 2 amide bonds. The number of aryl methyl sites for hydroxylation is 1. The van der Waals surface area contributed by atoms with Gasteiger partial charge in [-0.1, -0.05) is 35.9 Å². The number of rotatable bonds is 8. The van der Waals surface area contributed by atoms with Gasteiger partial charge in [-0.2, -0.15) is 0 Å². The van der Waals surface area contributed by atoms with E-state index in [1.807, 2.05) is 86.6 Å². The van der Waals surface area contributed by atoms with Crippen LogP contribution in [-0.4, -0.2) is 44.5 Å². The number of piperidine rings is 1. The number of benzene rings is 2. The van der Waals surface area contributed by atoms with E-state index >= 15 is 0 Å². The van der Waals surface area contributed by atoms with Crippen LogP contribution in [0.4, 0.5) is 5.69 Å². The molecule has 2 heterocycles. The Morgan fingerprint density at radius 3 is 2.54 bits per heavy atom. The number of nitrogens with zero attached hydrogens (tertiary/aromatic N) is 2. The van der Waals surface area contributed by atoms with Crippen LogP contribution in [-0.2, 0) is 9.59 Å². The molecule has 1 fully saturated rings. The van der Waals surface area contributed by atoms with E-state index in [9.17, 15) is 9.59 Å². The van der Waals surface area contributed by atoms with Gasteiger partial charge in [-0.25, -0.2) is 0 Å². The van der Waals surface area contributed by atoms with Crippen LogP contribution in [0.25, 0.3) is 0 Å². The van der Waals surface area contributed by atoms with Crippen LogP contribution in [0.3, 0.4) is 0 Å². The largest absolute Gasteiger partial charge is 0.496 e. The summed E-state index contributed by atoms with van der Waals surface area (Å²) in [5.74, 6) is 0.907. The number of likely N-dealkylation sites (N-methyl/N-ethyl adjacent to an activating group) is 1. The molecule has 4 rings (SSSR count). The van der Waals surface area contributed by atoms with Gasteiger partial charge in [0.1, 0.15) is 11.5 Å². The van der Waals surface area contributed by atoms with Crippen molar-refractivity contribution in [1.29, 1.82) is 0 Å². The normalized spacial score (nSPS) is 19.0. The Labute approximate surface area is 206 Å². The first-order chi connectivity index (χ1) is 16.9. The molecule has 35 heavy (non-hydrogen) atoms. The fourth-order valence-electron chi connectivity index (χ4n) is 4.79. The van der Waals surface area contributed by atoms with Crippen molar-refractivity contribution in [3.05, 3.63) is 83.8 Å².